The fourth-order valence-electron chi connectivity index (χ4n) is 6.44. The van der Waals surface area contributed by atoms with Gasteiger partial charge in [0, 0.05) is 29.0 Å². The van der Waals surface area contributed by atoms with Crippen molar-refractivity contribution in [1.29, 1.82) is 0 Å². The maximum absolute atomic E-state index is 14.2. The van der Waals surface area contributed by atoms with Gasteiger partial charge >= 0.3 is 0 Å². The number of nitrogens with two attached hydrogens (primary N) is 1. The number of halogens is 4. The predicted molar refractivity (Wildman–Crippen MR) is 226 cm³/mol. The van der Waals surface area contributed by atoms with Gasteiger partial charge in [-0.3, -0.25) is 0 Å². The Hall–Kier alpha value is -4.14. The van der Waals surface area contributed by atoms with E-state index in [0.29, 0.717) is 28.2 Å². The first-order valence-corrected chi connectivity index (χ1v) is 21.3. The number of hydrogen-bond acceptors (Lipinski definition) is 10. The van der Waals surface area contributed by atoms with Gasteiger partial charge in [-0.1, -0.05) is 63.3 Å². The van der Waals surface area contributed by atoms with Gasteiger partial charge in [-0.25, -0.2) is 45.3 Å². The molecule has 0 radical (unpaired) electrons. The van der Waals surface area contributed by atoms with Gasteiger partial charge in [0.2, 0.25) is 20.0 Å². The van der Waals surface area contributed by atoms with Crippen LogP contribution in [0.2, 0.25) is 0 Å². The van der Waals surface area contributed by atoms with Crippen molar-refractivity contribution >= 4 is 77.8 Å². The number of aromatic nitrogens is 1. The molecule has 7 N–H and O–H groups in total. The van der Waals surface area contributed by atoms with Crippen molar-refractivity contribution in [2.24, 2.45) is 5.90 Å². The molecule has 2 saturated carbocycles. The van der Waals surface area contributed by atoms with Crippen LogP contribution in [0.15, 0.2) is 99.2 Å². The van der Waals surface area contributed by atoms with Crippen LogP contribution in [0.25, 0.3) is 11.0 Å². The highest BCUT2D eigenvalue weighted by molar-refractivity contribution is 7.89. The Kier molecular flexibility index (Phi) is 18.5. The molecule has 0 saturated heterocycles. The van der Waals surface area contributed by atoms with Crippen LogP contribution in [0.5, 0.6) is 0 Å². The van der Waals surface area contributed by atoms with Crippen LogP contribution in [0.1, 0.15) is 77.2 Å². The standard InChI is InChI=1S/C19H20F2N2O2S2.C19H20FN3O3S.CH4.ClH.H3NO/c20-13-6-8-14(9-7-13)22-19(26)17-12-16(10-11-18(17)21)27(24,25)23-15-4-2-1-3-5-15;20-13-6-8-14(9-7-13)21-19-17-12-16(10-11-18(17)26-22-19)27(24,25)23-15-4-2-1-3-5-15;;;1-2/h6-12,15,23H,1-5H2,(H,22,26);6-12,15,23H,1-5H2,(H,21,22);1H4;1H;2H,1H2. The Labute approximate surface area is 348 Å². The van der Waals surface area contributed by atoms with Gasteiger partial charge in [-0.15, -0.1) is 12.4 Å². The molecular formula is C39H48ClF3N6O6S3. The van der Waals surface area contributed by atoms with Gasteiger partial charge in [0.05, 0.1) is 15.2 Å². The number of benzene rings is 4. The van der Waals surface area contributed by atoms with Crippen LogP contribution in [0.4, 0.5) is 30.4 Å². The zero-order chi connectivity index (χ0) is 40.3. The molecule has 0 aliphatic heterocycles. The second kappa shape index (κ2) is 22.3. The average molecular weight is 885 g/mol. The summed E-state index contributed by atoms with van der Waals surface area (Å²) in [6, 6.07) is 19.3. The Morgan fingerprint density at radius 2 is 1.16 bits per heavy atom. The Balaban J connectivity index is 0.000000288. The van der Waals surface area contributed by atoms with Crippen LogP contribution in [0, 0.1) is 17.5 Å². The molecule has 58 heavy (non-hydrogen) atoms. The maximum Gasteiger partial charge on any atom is 0.240 e. The molecule has 2 fully saturated rings. The molecule has 12 nitrogen and oxygen atoms in total. The van der Waals surface area contributed by atoms with E-state index in [2.05, 4.69) is 31.1 Å². The quantitative estimate of drug-likeness (QED) is 0.0580. The van der Waals surface area contributed by atoms with Crippen molar-refractivity contribution in [3.63, 3.8) is 0 Å². The molecule has 5 aromatic rings. The zero-order valence-corrected chi connectivity index (χ0v) is 33.9. The van der Waals surface area contributed by atoms with Crippen LogP contribution < -0.4 is 26.0 Å². The summed E-state index contributed by atoms with van der Waals surface area (Å²) in [5.41, 5.74) is 1.55. The third kappa shape index (κ3) is 13.2. The second-order valence-corrected chi connectivity index (χ2v) is 17.2. The molecule has 2 aliphatic rings. The fourth-order valence-corrected chi connectivity index (χ4v) is 9.37. The predicted octanol–water partition coefficient (Wildman–Crippen LogP) is 9.08. The van der Waals surface area contributed by atoms with Crippen LogP contribution >= 0.6 is 24.6 Å². The van der Waals surface area contributed by atoms with Crippen molar-refractivity contribution in [3.8, 4) is 0 Å². The molecule has 316 valence electrons. The SMILES string of the molecule is C.Cl.NO.O=S(=O)(NC1CCCCC1)c1ccc(F)c(C(=S)Nc2ccc(F)cc2)c1.O=S(=O)(NC1CCCCC1)c1ccc2onc(Nc3ccc(F)cc3)c2c1. The second-order valence-electron chi connectivity index (χ2n) is 13.3. The molecule has 1 aromatic heterocycles. The van der Waals surface area contributed by atoms with E-state index >= 15 is 0 Å². The smallest absolute Gasteiger partial charge is 0.240 e. The number of rotatable bonds is 10. The van der Waals surface area contributed by atoms with E-state index < -0.39 is 31.7 Å². The van der Waals surface area contributed by atoms with E-state index in [1.54, 1.807) is 24.3 Å². The summed E-state index contributed by atoms with van der Waals surface area (Å²) in [5.74, 6) is 2.50. The first-order chi connectivity index (χ1) is 26.9. The lowest BCUT2D eigenvalue weighted by atomic mass is 9.96. The highest BCUT2D eigenvalue weighted by Crippen LogP contribution is 2.29. The topological polar surface area (TPSA) is 189 Å². The highest BCUT2D eigenvalue weighted by atomic mass is 35.5. The van der Waals surface area contributed by atoms with Crippen molar-refractivity contribution in [1.82, 2.24) is 14.6 Å². The lowest BCUT2D eigenvalue weighted by molar-refractivity contribution is 0.311. The first-order valence-electron chi connectivity index (χ1n) is 18.0. The lowest BCUT2D eigenvalue weighted by Gasteiger charge is -2.22. The molecule has 0 atom stereocenters. The molecule has 0 amide bonds. The molecule has 0 spiro atoms. The minimum Gasteiger partial charge on any atom is -0.354 e. The summed E-state index contributed by atoms with van der Waals surface area (Å²) in [7, 11) is -7.39. The minimum atomic E-state index is -3.76. The van der Waals surface area contributed by atoms with Gasteiger partial charge in [0.15, 0.2) is 11.4 Å². The van der Waals surface area contributed by atoms with Crippen LogP contribution in [-0.2, 0) is 20.0 Å². The molecule has 0 bridgehead atoms. The summed E-state index contributed by atoms with van der Waals surface area (Å²) in [5, 5.41) is 16.8. The monoisotopic (exact) mass is 884 g/mol. The van der Waals surface area contributed by atoms with E-state index in [4.69, 9.17) is 21.9 Å². The van der Waals surface area contributed by atoms with Gasteiger partial charge < -0.3 is 20.4 Å². The summed E-state index contributed by atoms with van der Waals surface area (Å²) >= 11 is 5.21. The van der Waals surface area contributed by atoms with E-state index in [-0.39, 0.29) is 58.1 Å². The number of nitrogens with zero attached hydrogens (tertiary/aromatic N) is 1. The number of sulfonamides is 2. The fraction of sp³-hybridized carbons (Fsp3) is 0.333. The molecular weight excluding hydrogens is 837 g/mol. The van der Waals surface area contributed by atoms with Crippen molar-refractivity contribution in [2.45, 2.75) is 93.5 Å². The molecule has 19 heteroatoms. The Morgan fingerprint density at radius 3 is 1.67 bits per heavy atom. The third-order valence-corrected chi connectivity index (χ3v) is 12.7. The van der Waals surface area contributed by atoms with E-state index in [1.165, 1.54) is 54.6 Å². The lowest BCUT2D eigenvalue weighted by Crippen LogP contribution is -2.36. The van der Waals surface area contributed by atoms with E-state index in [1.807, 2.05) is 0 Å². The molecule has 2 aliphatic carbocycles. The van der Waals surface area contributed by atoms with Gasteiger partial charge in [0.25, 0.3) is 0 Å². The summed E-state index contributed by atoms with van der Waals surface area (Å²) in [4.78, 5) is 0.160. The summed E-state index contributed by atoms with van der Waals surface area (Å²) < 4.78 is 102. The van der Waals surface area contributed by atoms with Crippen molar-refractivity contribution in [2.75, 3.05) is 10.6 Å². The van der Waals surface area contributed by atoms with Crippen molar-refractivity contribution in [3.05, 3.63) is 108 Å². The minimum absolute atomic E-state index is 0. The van der Waals surface area contributed by atoms with Gasteiger partial charge in [0.1, 0.15) is 22.4 Å². The van der Waals surface area contributed by atoms with Gasteiger partial charge in [-0.2, -0.15) is 0 Å². The Morgan fingerprint density at radius 1 is 0.690 bits per heavy atom. The molecule has 7 rings (SSSR count). The number of anilines is 3. The van der Waals surface area contributed by atoms with E-state index in [9.17, 15) is 30.0 Å². The van der Waals surface area contributed by atoms with Crippen molar-refractivity contribution < 1.29 is 39.7 Å². The summed E-state index contributed by atoms with van der Waals surface area (Å²) in [6.45, 7) is 0. The number of thiocarbonyl (C=S) groups is 1. The van der Waals surface area contributed by atoms with Crippen LogP contribution in [0.3, 0.4) is 0 Å². The zero-order valence-electron chi connectivity index (χ0n) is 30.6. The number of nitrogens with one attached hydrogen (secondary N) is 4. The Bertz CT molecular complexity index is 2310. The van der Waals surface area contributed by atoms with Crippen LogP contribution in [-0.4, -0.2) is 44.3 Å². The maximum atomic E-state index is 14.2. The largest absolute Gasteiger partial charge is 0.354 e. The summed E-state index contributed by atoms with van der Waals surface area (Å²) in [6.07, 6.45) is 9.69. The third-order valence-electron chi connectivity index (χ3n) is 9.31. The molecule has 1 heterocycles. The molecule has 4 aromatic carbocycles. The first kappa shape index (κ1) is 48.2. The number of fused-ring (bicyclic) bond motifs is 1. The van der Waals surface area contributed by atoms with Gasteiger partial charge in [-0.05, 0) is 111 Å². The average Bonchev–Trinajstić information content (AvgIpc) is 3.60. The number of hydrogen-bond donors (Lipinski definition) is 6. The highest BCUT2D eigenvalue weighted by Gasteiger charge is 2.25. The van der Waals surface area contributed by atoms with E-state index in [0.717, 1.165) is 70.3 Å². The molecule has 0 unspecified atom stereocenters. The normalized spacial score (nSPS) is 14.7.